The molecule has 16 N–H and O–H groups in total. The predicted molar refractivity (Wildman–Crippen MR) is 129 cm³/mol. The van der Waals surface area contributed by atoms with Gasteiger partial charge in [0.2, 0.25) is 0 Å². The van der Waals surface area contributed by atoms with Gasteiger partial charge in [-0.25, -0.2) is 0 Å². The van der Waals surface area contributed by atoms with E-state index in [1.165, 1.54) is 6.19 Å². The number of aliphatic imine (C=N–C) groups is 1. The van der Waals surface area contributed by atoms with Crippen molar-refractivity contribution >= 4 is 35.5 Å². The minimum atomic E-state index is -0.980. The summed E-state index contributed by atoms with van der Waals surface area (Å²) in [4.78, 5) is 34.8. The molecule has 1 rings (SSSR count). The van der Waals surface area contributed by atoms with Gasteiger partial charge in [0.05, 0.1) is 6.54 Å². The summed E-state index contributed by atoms with van der Waals surface area (Å²) in [6, 6.07) is 0. The highest BCUT2D eigenvalue weighted by Gasteiger charge is 2.14. The van der Waals surface area contributed by atoms with Gasteiger partial charge >= 0.3 is 17.9 Å². The molecule has 0 aliphatic carbocycles. The number of nitrogens with one attached hydrogen (secondary N) is 1. The molecular weight excluding hydrogens is 478 g/mol. The molecule has 16 nitrogen and oxygen atoms in total. The lowest BCUT2D eigenvalue weighted by molar-refractivity contribution is -0.138. The molecule has 0 amide bonds. The number of carboxylic acid groups (broad SMARTS) is 3. The first kappa shape index (κ1) is 41.3. The van der Waals surface area contributed by atoms with E-state index in [0.717, 1.165) is 32.4 Å². The second-order valence-corrected chi connectivity index (χ2v) is 5.98. The maximum absolute atomic E-state index is 10.3. The van der Waals surface area contributed by atoms with Crippen LogP contribution in [0.4, 0.5) is 0 Å². The van der Waals surface area contributed by atoms with Crippen molar-refractivity contribution in [2.24, 2.45) is 33.7 Å². The molecule has 1 heterocycles. The maximum atomic E-state index is 10.3. The second-order valence-electron chi connectivity index (χ2n) is 5.71. The molecule has 1 aliphatic heterocycles. The van der Waals surface area contributed by atoms with E-state index < -0.39 is 17.9 Å². The minimum absolute atomic E-state index is 0. The lowest BCUT2D eigenvalue weighted by atomic mass is 10.3. The number of hydrogen-bond acceptors (Lipinski definition) is 12. The van der Waals surface area contributed by atoms with E-state index in [-0.39, 0.29) is 24.4 Å². The Balaban J connectivity index is -0.000000110. The van der Waals surface area contributed by atoms with E-state index in [0.29, 0.717) is 32.1 Å². The molecule has 0 saturated heterocycles. The van der Waals surface area contributed by atoms with Crippen molar-refractivity contribution < 1.29 is 35.2 Å². The number of rotatable bonds is 10. The van der Waals surface area contributed by atoms with Crippen LogP contribution in [0.15, 0.2) is 4.99 Å². The maximum Gasteiger partial charge on any atom is 0.323 e. The van der Waals surface area contributed by atoms with Gasteiger partial charge in [0.1, 0.15) is 12.4 Å². The van der Waals surface area contributed by atoms with E-state index in [2.05, 4.69) is 16.0 Å². The number of nitriles is 1. The van der Waals surface area contributed by atoms with Crippen LogP contribution in [0.2, 0.25) is 0 Å². The van der Waals surface area contributed by atoms with Crippen LogP contribution in [0.1, 0.15) is 19.3 Å². The van der Waals surface area contributed by atoms with E-state index in [1.54, 1.807) is 4.90 Å². The lowest BCUT2D eigenvalue weighted by Crippen LogP contribution is -2.43. The van der Waals surface area contributed by atoms with Crippen molar-refractivity contribution in [3.05, 3.63) is 0 Å². The van der Waals surface area contributed by atoms with Gasteiger partial charge in [0.15, 0.2) is 12.2 Å². The molecule has 202 valence electrons. The fourth-order valence-electron chi connectivity index (χ4n) is 1.53. The zero-order chi connectivity index (χ0) is 26.5. The number of hydrogen-bond donors (Lipinski definition) is 9. The summed E-state index contributed by atoms with van der Waals surface area (Å²) in [5.41, 5.74) is 24.9. The zero-order valence-electron chi connectivity index (χ0n) is 19.2. The summed E-state index contributed by atoms with van der Waals surface area (Å²) in [7, 11) is 0. The summed E-state index contributed by atoms with van der Waals surface area (Å²) in [5, 5.41) is 33.9. The quantitative estimate of drug-likeness (QED) is 0.0582. The number of aliphatic carboxylic acids is 3. The van der Waals surface area contributed by atoms with Gasteiger partial charge in [-0.2, -0.15) is 5.26 Å². The van der Waals surface area contributed by atoms with Crippen molar-refractivity contribution in [2.75, 3.05) is 58.2 Å². The zero-order valence-corrected chi connectivity index (χ0v) is 19.9. The highest BCUT2D eigenvalue weighted by atomic mass is 35.5. The number of halogens is 1. The smallest absolute Gasteiger partial charge is 0.323 e. The van der Waals surface area contributed by atoms with Gasteiger partial charge in [-0.3, -0.25) is 19.4 Å². The Morgan fingerprint density at radius 2 is 1.53 bits per heavy atom. The topological polar surface area (TPSA) is 325 Å². The normalized spacial score (nSPS) is 10.8. The first-order valence-corrected chi connectivity index (χ1v) is 10.3. The summed E-state index contributed by atoms with van der Waals surface area (Å²) >= 11 is 4.74. The number of nitrogens with two attached hydrogens (primary N) is 5. The number of carbonyl (C=O) groups is 3. The lowest BCUT2D eigenvalue weighted by Gasteiger charge is -2.24. The summed E-state index contributed by atoms with van der Waals surface area (Å²) in [6.07, 6.45) is 3.90. The van der Waals surface area contributed by atoms with Crippen molar-refractivity contribution in [3.8, 4) is 6.19 Å². The average Bonchev–Trinajstić information content (AvgIpc) is 2.75. The van der Waals surface area contributed by atoms with E-state index >= 15 is 0 Å². The molecule has 0 saturated carbocycles. The largest absolute Gasteiger partial charge is 0.480 e. The highest BCUT2D eigenvalue weighted by molar-refractivity contribution is 6.26. The Labute approximate surface area is 204 Å². The third-order valence-electron chi connectivity index (χ3n) is 2.87. The molecule has 17 heteroatoms. The van der Waals surface area contributed by atoms with Gasteiger partial charge in [0, 0.05) is 13.1 Å². The van der Waals surface area contributed by atoms with Crippen molar-refractivity contribution in [3.63, 3.8) is 0 Å². The average molecular weight is 518 g/mol. The highest BCUT2D eigenvalue weighted by Crippen LogP contribution is 1.98. The molecule has 0 aromatic rings. The molecule has 0 fully saturated rings. The van der Waals surface area contributed by atoms with E-state index in [9.17, 15) is 14.4 Å². The van der Waals surface area contributed by atoms with Crippen LogP contribution in [-0.2, 0) is 14.4 Å². The number of alkyl halides is 1. The Kier molecular flexibility index (Phi) is 42.1. The van der Waals surface area contributed by atoms with Crippen LogP contribution in [0.5, 0.6) is 0 Å². The third kappa shape index (κ3) is 47.0. The van der Waals surface area contributed by atoms with Crippen molar-refractivity contribution in [1.29, 1.82) is 5.26 Å². The molecule has 0 bridgehead atoms. The van der Waals surface area contributed by atoms with Crippen LogP contribution >= 0.6 is 11.6 Å². The Morgan fingerprint density at radius 3 is 1.82 bits per heavy atom. The van der Waals surface area contributed by atoms with Crippen LogP contribution in [0, 0.1) is 11.5 Å². The van der Waals surface area contributed by atoms with Crippen molar-refractivity contribution in [1.82, 2.24) is 10.2 Å². The summed E-state index contributed by atoms with van der Waals surface area (Å²) < 4.78 is 0. The molecular formula is C17H40ClN9O7. The second kappa shape index (κ2) is 34.7. The standard InChI is InChI=1S/C6H11N3O2.C5H12N2O2.C3H10N2.C2H3ClO2.CH2N2.H2O/c7-6-8-2-1-3-9(6)4-5(10)11;6-2-1-3-7-4-5(8)9;4-2-1-3-5;3-1-2(4)5;2-1-3;/h1-4H2,(H2,7,8)(H,10,11);7H,1-4,6H2,(H,8,9);1-5H2;1H2,(H,4,5);2H2;1H2. The molecule has 0 radical (unpaired) electrons. The first-order chi connectivity index (χ1) is 15.6. The molecule has 34 heavy (non-hydrogen) atoms. The van der Waals surface area contributed by atoms with E-state index in [4.69, 9.17) is 55.1 Å². The van der Waals surface area contributed by atoms with E-state index in [1.807, 2.05) is 0 Å². The fraction of sp³-hybridized carbons (Fsp3) is 0.706. The fourth-order valence-corrected chi connectivity index (χ4v) is 1.53. The van der Waals surface area contributed by atoms with Crippen LogP contribution in [0.25, 0.3) is 0 Å². The Morgan fingerprint density at radius 1 is 1.06 bits per heavy atom. The van der Waals surface area contributed by atoms with Gasteiger partial charge < -0.3 is 59.7 Å². The Bertz CT molecular complexity index is 562. The number of guanidine groups is 1. The minimum Gasteiger partial charge on any atom is -0.480 e. The van der Waals surface area contributed by atoms with Gasteiger partial charge in [-0.05, 0) is 45.4 Å². The molecule has 0 aromatic heterocycles. The van der Waals surface area contributed by atoms with Gasteiger partial charge in [-0.1, -0.05) is 0 Å². The SMILES string of the molecule is N#CN.NC1=NCCCN1CC(=O)O.NCCCN.NCCCNCC(=O)O.O.O=C(O)CCl. The van der Waals surface area contributed by atoms with Gasteiger partial charge in [-0.15, -0.1) is 11.6 Å². The molecule has 0 atom stereocenters. The van der Waals surface area contributed by atoms with Crippen LogP contribution in [-0.4, -0.2) is 108 Å². The molecule has 0 aromatic carbocycles. The summed E-state index contributed by atoms with van der Waals surface area (Å²) in [5.74, 6) is -2.64. The van der Waals surface area contributed by atoms with Crippen LogP contribution in [0.3, 0.4) is 0 Å². The van der Waals surface area contributed by atoms with Crippen molar-refractivity contribution in [2.45, 2.75) is 19.3 Å². The molecule has 0 unspecified atom stereocenters. The summed E-state index contributed by atoms with van der Waals surface area (Å²) in [6.45, 7) is 4.11. The number of nitrogens with zero attached hydrogens (tertiary/aromatic N) is 3. The molecule has 0 spiro atoms. The third-order valence-corrected chi connectivity index (χ3v) is 3.10. The molecule has 1 aliphatic rings. The monoisotopic (exact) mass is 517 g/mol. The predicted octanol–water partition coefficient (Wildman–Crippen LogP) is -3.69. The number of carboxylic acids is 3. The Hall–Kier alpha value is -2.94. The van der Waals surface area contributed by atoms with Gasteiger partial charge in [0.25, 0.3) is 0 Å². The van der Waals surface area contributed by atoms with Crippen LogP contribution < -0.4 is 34.0 Å². The first-order valence-electron chi connectivity index (χ1n) is 9.74.